The minimum Gasteiger partial charge on any atom is -0.454 e. The van der Waals surface area contributed by atoms with E-state index in [0.717, 1.165) is 29.1 Å². The molecule has 3 heterocycles. The molecule has 0 unspecified atom stereocenters. The molecule has 222 valence electrons. The third kappa shape index (κ3) is 6.37. The zero-order chi connectivity index (χ0) is 29.5. The average molecular weight is 607 g/mol. The van der Waals surface area contributed by atoms with Gasteiger partial charge in [0.2, 0.25) is 28.6 Å². The van der Waals surface area contributed by atoms with Crippen LogP contribution in [0.15, 0.2) is 28.7 Å². The molecule has 3 atom stereocenters. The van der Waals surface area contributed by atoms with Crippen molar-refractivity contribution in [1.82, 2.24) is 15.2 Å². The Morgan fingerprint density at radius 1 is 1.22 bits per heavy atom. The molecule has 1 aliphatic carbocycles. The summed E-state index contributed by atoms with van der Waals surface area (Å²) in [5, 5.41) is 8.57. The maximum atomic E-state index is 12.5. The molecule has 2 aliphatic rings. The fourth-order valence-electron chi connectivity index (χ4n) is 4.74. The van der Waals surface area contributed by atoms with Crippen LogP contribution < -0.4 is 24.4 Å². The number of halogens is 1. The highest BCUT2D eigenvalue weighted by Crippen LogP contribution is 2.42. The summed E-state index contributed by atoms with van der Waals surface area (Å²) < 4.78 is 48.4. The molecule has 41 heavy (non-hydrogen) atoms. The minimum absolute atomic E-state index is 0.0588. The molecule has 2 N–H and O–H groups in total. The summed E-state index contributed by atoms with van der Waals surface area (Å²) in [5.74, 6) is 3.34. The van der Waals surface area contributed by atoms with Crippen molar-refractivity contribution in [3.8, 4) is 23.0 Å². The first-order valence-corrected chi connectivity index (χ1v) is 15.5. The van der Waals surface area contributed by atoms with Gasteiger partial charge >= 0.3 is 0 Å². The largest absolute Gasteiger partial charge is 0.454 e. The van der Waals surface area contributed by atoms with Crippen LogP contribution in [0.2, 0.25) is 5.02 Å². The first kappa shape index (κ1) is 29.4. The van der Waals surface area contributed by atoms with Crippen LogP contribution >= 0.6 is 11.6 Å². The maximum absolute atomic E-state index is 12.5. The second-order valence-electron chi connectivity index (χ2n) is 11.0. The van der Waals surface area contributed by atoms with Crippen molar-refractivity contribution in [2.24, 2.45) is 17.6 Å². The van der Waals surface area contributed by atoms with Gasteiger partial charge in [-0.05, 0) is 55.4 Å². The van der Waals surface area contributed by atoms with Crippen molar-refractivity contribution >= 4 is 33.3 Å². The predicted octanol–water partition coefficient (Wildman–Crippen LogP) is 3.43. The van der Waals surface area contributed by atoms with Crippen molar-refractivity contribution < 1.29 is 27.0 Å². The molecule has 0 bridgehead atoms. The lowest BCUT2D eigenvalue weighted by Crippen LogP contribution is -2.35. The molecule has 5 rings (SSSR count). The van der Waals surface area contributed by atoms with E-state index in [1.807, 2.05) is 18.2 Å². The quantitative estimate of drug-likeness (QED) is 0.323. The number of rotatable bonds is 12. The molecular weight excluding hydrogens is 572 g/mol. The van der Waals surface area contributed by atoms with Gasteiger partial charge in [-0.15, -0.1) is 10.2 Å². The lowest BCUT2D eigenvalue weighted by molar-refractivity contribution is 0.174. The number of nitrogens with zero attached hydrogens (tertiary/aromatic N) is 5. The van der Waals surface area contributed by atoms with Crippen LogP contribution in [0.4, 0.5) is 11.6 Å². The summed E-state index contributed by atoms with van der Waals surface area (Å²) in [6.45, 7) is 5.94. The Labute approximate surface area is 244 Å². The van der Waals surface area contributed by atoms with E-state index in [9.17, 15) is 8.42 Å². The van der Waals surface area contributed by atoms with Gasteiger partial charge in [-0.2, -0.15) is 0 Å². The highest BCUT2D eigenvalue weighted by Gasteiger charge is 2.35. The molecular formula is C27H35ClN6O6S. The van der Waals surface area contributed by atoms with E-state index < -0.39 is 15.6 Å². The summed E-state index contributed by atoms with van der Waals surface area (Å²) in [5.41, 5.74) is 6.90. The molecule has 1 aliphatic heterocycles. The Hall–Kier alpha value is -3.13. The molecule has 14 heteroatoms. The Morgan fingerprint density at radius 3 is 2.63 bits per heavy atom. The van der Waals surface area contributed by atoms with Crippen molar-refractivity contribution in [3.05, 3.63) is 40.7 Å². The smallest absolute Gasteiger partial charge is 0.249 e. The number of aromatic nitrogens is 3. The van der Waals surface area contributed by atoms with E-state index in [2.05, 4.69) is 27.0 Å². The Kier molecular flexibility index (Phi) is 8.07. The molecule has 12 nitrogen and oxygen atoms in total. The molecule has 3 aromatic rings. The SMILES string of the molecule is COCCN(C[C@H]1C[C@@H]1C)c1cc(-c2nnc([C@](C)(N)Cc3ccc4c(c3)OCO4)o2)c(Cl)c(N(C)S(C)(=O)=O)n1. The van der Waals surface area contributed by atoms with Crippen LogP contribution in [-0.2, 0) is 26.7 Å². The van der Waals surface area contributed by atoms with E-state index in [-0.39, 0.29) is 29.4 Å². The third-order valence-corrected chi connectivity index (χ3v) is 9.04. The first-order valence-electron chi connectivity index (χ1n) is 13.3. The molecule has 0 radical (unpaired) electrons. The fourth-order valence-corrected chi connectivity index (χ4v) is 5.54. The number of pyridine rings is 1. The molecule has 1 fully saturated rings. The van der Waals surface area contributed by atoms with E-state index in [0.29, 0.717) is 54.3 Å². The Morgan fingerprint density at radius 2 is 1.95 bits per heavy atom. The topological polar surface area (TPSA) is 146 Å². The number of sulfonamides is 1. The Balaban J connectivity index is 1.51. The molecule has 2 aromatic heterocycles. The van der Waals surface area contributed by atoms with Crippen LogP contribution in [0.5, 0.6) is 11.5 Å². The van der Waals surface area contributed by atoms with Crippen molar-refractivity contribution in [2.75, 3.05) is 56.1 Å². The highest BCUT2D eigenvalue weighted by molar-refractivity contribution is 7.92. The molecule has 0 spiro atoms. The number of anilines is 2. The minimum atomic E-state index is -3.68. The molecule has 0 amide bonds. The molecule has 1 saturated carbocycles. The number of nitrogens with two attached hydrogens (primary N) is 1. The second-order valence-corrected chi connectivity index (χ2v) is 13.4. The van der Waals surface area contributed by atoms with Crippen LogP contribution in [-0.4, -0.2) is 70.5 Å². The van der Waals surface area contributed by atoms with Crippen molar-refractivity contribution in [1.29, 1.82) is 0 Å². The van der Waals surface area contributed by atoms with E-state index in [4.69, 9.17) is 36.0 Å². The van der Waals surface area contributed by atoms with Crippen LogP contribution in [0.3, 0.4) is 0 Å². The zero-order valence-corrected chi connectivity index (χ0v) is 25.3. The van der Waals surface area contributed by atoms with Gasteiger partial charge in [0, 0.05) is 27.2 Å². The van der Waals surface area contributed by atoms with Crippen molar-refractivity contribution in [3.63, 3.8) is 0 Å². The number of benzene rings is 1. The van der Waals surface area contributed by atoms with Crippen LogP contribution in [0, 0.1) is 11.8 Å². The summed E-state index contributed by atoms with van der Waals surface area (Å²) in [7, 11) is -0.638. The normalized spacial score (nSPS) is 19.2. The van der Waals surface area contributed by atoms with Gasteiger partial charge in [-0.3, -0.25) is 4.31 Å². The Bertz CT molecular complexity index is 1530. The van der Waals surface area contributed by atoms with Gasteiger partial charge in [0.1, 0.15) is 5.82 Å². The number of hydrogen-bond donors (Lipinski definition) is 1. The van der Waals surface area contributed by atoms with Gasteiger partial charge in [0.25, 0.3) is 0 Å². The van der Waals surface area contributed by atoms with Gasteiger partial charge in [-0.1, -0.05) is 24.6 Å². The summed E-state index contributed by atoms with van der Waals surface area (Å²) in [6.07, 6.45) is 2.59. The van der Waals surface area contributed by atoms with Crippen LogP contribution in [0.1, 0.15) is 31.7 Å². The van der Waals surface area contributed by atoms with E-state index in [1.54, 1.807) is 20.1 Å². The van der Waals surface area contributed by atoms with Gasteiger partial charge in [-0.25, -0.2) is 13.4 Å². The highest BCUT2D eigenvalue weighted by atomic mass is 35.5. The fraction of sp³-hybridized carbons (Fsp3) is 0.519. The van der Waals surface area contributed by atoms with Gasteiger partial charge in [0.15, 0.2) is 17.3 Å². The monoisotopic (exact) mass is 606 g/mol. The average Bonchev–Trinajstić information content (AvgIpc) is 3.28. The molecule has 1 aromatic carbocycles. The van der Waals surface area contributed by atoms with Gasteiger partial charge < -0.3 is 29.3 Å². The predicted molar refractivity (Wildman–Crippen MR) is 155 cm³/mol. The standard InChI is InChI=1S/C27H35ClN6O6S/c1-16-10-18(16)14-34(8-9-37-4)22-12-19(23(28)24(30-22)33(3)41(5,35)36)25-31-32-26(40-25)27(2,29)13-17-6-7-20-21(11-17)39-15-38-20/h6-7,11-12,16,18H,8-10,13-15,29H2,1-5H3/t16-,18+,27+/m0/s1. The van der Waals surface area contributed by atoms with E-state index in [1.165, 1.54) is 7.05 Å². The summed E-state index contributed by atoms with van der Waals surface area (Å²) >= 11 is 6.78. The second kappa shape index (κ2) is 11.3. The van der Waals surface area contributed by atoms with Crippen molar-refractivity contribution in [2.45, 2.75) is 32.2 Å². The summed E-state index contributed by atoms with van der Waals surface area (Å²) in [4.78, 5) is 6.74. The number of hydrogen-bond acceptors (Lipinski definition) is 11. The lowest BCUT2D eigenvalue weighted by Gasteiger charge is -2.26. The zero-order valence-electron chi connectivity index (χ0n) is 23.8. The third-order valence-electron chi connectivity index (χ3n) is 7.50. The number of ether oxygens (including phenoxy) is 3. The van der Waals surface area contributed by atoms with Crippen LogP contribution in [0.25, 0.3) is 11.5 Å². The molecule has 0 saturated heterocycles. The number of methoxy groups -OCH3 is 1. The van der Waals surface area contributed by atoms with E-state index >= 15 is 0 Å². The summed E-state index contributed by atoms with van der Waals surface area (Å²) in [6, 6.07) is 7.36. The van der Waals surface area contributed by atoms with Gasteiger partial charge in [0.05, 0.1) is 29.0 Å². The first-order chi connectivity index (χ1) is 19.4. The lowest BCUT2D eigenvalue weighted by atomic mass is 9.93. The maximum Gasteiger partial charge on any atom is 0.249 e. The number of fused-ring (bicyclic) bond motifs is 1.